The summed E-state index contributed by atoms with van der Waals surface area (Å²) < 4.78 is 5.91. The minimum Gasteiger partial charge on any atom is -0.489 e. The summed E-state index contributed by atoms with van der Waals surface area (Å²) in [5, 5.41) is 0. The number of hydrogen-bond donors (Lipinski definition) is 1. The molecule has 2 aromatic rings. The molecule has 2 N–H and O–H groups in total. The molecule has 0 bridgehead atoms. The van der Waals surface area contributed by atoms with E-state index in [0.717, 1.165) is 18.6 Å². The van der Waals surface area contributed by atoms with Gasteiger partial charge in [0.2, 0.25) is 0 Å². The molecule has 2 nitrogen and oxygen atoms in total. The van der Waals surface area contributed by atoms with Gasteiger partial charge in [-0.05, 0) is 66.6 Å². The standard InChI is InChI=1S/C18H21NO/c1-12-3-4-14(9-13(12)2)11-20-16-6-7-17-15(10-16)5-8-18(17)19/h3-4,6-7,9-10,18H,5,8,11,19H2,1-2H3. The summed E-state index contributed by atoms with van der Waals surface area (Å²) in [7, 11) is 0. The van der Waals surface area contributed by atoms with Crippen LogP contribution in [0.4, 0.5) is 0 Å². The predicted octanol–water partition coefficient (Wildman–Crippen LogP) is 3.83. The molecule has 0 aromatic heterocycles. The van der Waals surface area contributed by atoms with E-state index in [1.165, 1.54) is 27.8 Å². The van der Waals surface area contributed by atoms with Gasteiger partial charge in [-0.2, -0.15) is 0 Å². The Bertz CT molecular complexity index is 633. The molecular weight excluding hydrogens is 246 g/mol. The van der Waals surface area contributed by atoms with Crippen LogP contribution < -0.4 is 10.5 Å². The Hall–Kier alpha value is -1.80. The Balaban J connectivity index is 1.71. The molecule has 20 heavy (non-hydrogen) atoms. The molecule has 0 fully saturated rings. The summed E-state index contributed by atoms with van der Waals surface area (Å²) in [4.78, 5) is 0. The van der Waals surface area contributed by atoms with Gasteiger partial charge in [0.1, 0.15) is 12.4 Å². The van der Waals surface area contributed by atoms with Gasteiger partial charge in [0.25, 0.3) is 0 Å². The number of hydrogen-bond acceptors (Lipinski definition) is 2. The Kier molecular flexibility index (Phi) is 3.49. The highest BCUT2D eigenvalue weighted by molar-refractivity contribution is 5.40. The number of ether oxygens (including phenoxy) is 1. The summed E-state index contributed by atoms with van der Waals surface area (Å²) in [5.74, 6) is 0.941. The minimum absolute atomic E-state index is 0.207. The SMILES string of the molecule is Cc1ccc(COc2ccc3c(c2)CCC3N)cc1C. The zero-order valence-electron chi connectivity index (χ0n) is 12.1. The van der Waals surface area contributed by atoms with Crippen molar-refractivity contribution in [1.29, 1.82) is 0 Å². The van der Waals surface area contributed by atoms with E-state index in [-0.39, 0.29) is 6.04 Å². The Morgan fingerprint density at radius 3 is 2.75 bits per heavy atom. The highest BCUT2D eigenvalue weighted by atomic mass is 16.5. The van der Waals surface area contributed by atoms with Gasteiger partial charge in [0.05, 0.1) is 0 Å². The van der Waals surface area contributed by atoms with Gasteiger partial charge in [-0.25, -0.2) is 0 Å². The number of nitrogens with two attached hydrogens (primary N) is 1. The first kappa shape index (κ1) is 13.2. The van der Waals surface area contributed by atoms with Crippen LogP contribution in [-0.2, 0) is 13.0 Å². The van der Waals surface area contributed by atoms with Gasteiger partial charge in [0, 0.05) is 6.04 Å². The fourth-order valence-electron chi connectivity index (χ4n) is 2.78. The van der Waals surface area contributed by atoms with Crippen LogP contribution >= 0.6 is 0 Å². The van der Waals surface area contributed by atoms with Crippen molar-refractivity contribution in [3.63, 3.8) is 0 Å². The first-order valence-corrected chi connectivity index (χ1v) is 7.21. The zero-order valence-corrected chi connectivity index (χ0v) is 12.1. The fraction of sp³-hybridized carbons (Fsp3) is 0.333. The number of rotatable bonds is 3. The van der Waals surface area contributed by atoms with E-state index >= 15 is 0 Å². The third-order valence-electron chi connectivity index (χ3n) is 4.22. The Labute approximate surface area is 120 Å². The van der Waals surface area contributed by atoms with E-state index < -0.39 is 0 Å². The van der Waals surface area contributed by atoms with Gasteiger partial charge in [-0.3, -0.25) is 0 Å². The van der Waals surface area contributed by atoms with E-state index in [9.17, 15) is 0 Å². The van der Waals surface area contributed by atoms with E-state index in [2.05, 4.69) is 44.2 Å². The van der Waals surface area contributed by atoms with Crippen molar-refractivity contribution in [2.24, 2.45) is 5.73 Å². The highest BCUT2D eigenvalue weighted by Crippen LogP contribution is 2.32. The van der Waals surface area contributed by atoms with Crippen molar-refractivity contribution in [1.82, 2.24) is 0 Å². The average Bonchev–Trinajstić information content (AvgIpc) is 2.81. The van der Waals surface area contributed by atoms with Crippen molar-refractivity contribution < 1.29 is 4.74 Å². The number of benzene rings is 2. The fourth-order valence-corrected chi connectivity index (χ4v) is 2.78. The molecular formula is C18H21NO. The van der Waals surface area contributed by atoms with Crippen molar-refractivity contribution >= 4 is 0 Å². The molecule has 0 aliphatic heterocycles. The quantitative estimate of drug-likeness (QED) is 0.917. The summed E-state index contributed by atoms with van der Waals surface area (Å²) in [5.41, 5.74) is 12.5. The monoisotopic (exact) mass is 267 g/mol. The molecule has 0 heterocycles. The van der Waals surface area contributed by atoms with Crippen molar-refractivity contribution in [3.8, 4) is 5.75 Å². The van der Waals surface area contributed by atoms with Crippen LogP contribution in [0, 0.1) is 13.8 Å². The molecule has 3 rings (SSSR count). The molecule has 1 aliphatic rings. The molecule has 1 aliphatic carbocycles. The maximum atomic E-state index is 6.05. The van der Waals surface area contributed by atoms with E-state index in [4.69, 9.17) is 10.5 Å². The summed E-state index contributed by atoms with van der Waals surface area (Å²) in [6.45, 7) is 4.88. The Morgan fingerprint density at radius 2 is 1.95 bits per heavy atom. The first-order valence-electron chi connectivity index (χ1n) is 7.21. The Morgan fingerprint density at radius 1 is 1.10 bits per heavy atom. The molecule has 0 radical (unpaired) electrons. The molecule has 0 saturated carbocycles. The van der Waals surface area contributed by atoms with Crippen LogP contribution in [0.5, 0.6) is 5.75 Å². The van der Waals surface area contributed by atoms with Gasteiger partial charge in [-0.1, -0.05) is 24.3 Å². The third kappa shape index (κ3) is 2.56. The predicted molar refractivity (Wildman–Crippen MR) is 81.9 cm³/mol. The molecule has 2 heteroatoms. The van der Waals surface area contributed by atoms with Gasteiger partial charge < -0.3 is 10.5 Å². The topological polar surface area (TPSA) is 35.2 Å². The van der Waals surface area contributed by atoms with Crippen LogP contribution in [0.25, 0.3) is 0 Å². The molecule has 0 amide bonds. The average molecular weight is 267 g/mol. The van der Waals surface area contributed by atoms with Crippen LogP contribution in [-0.4, -0.2) is 0 Å². The molecule has 104 valence electrons. The summed E-state index contributed by atoms with van der Waals surface area (Å²) >= 11 is 0. The van der Waals surface area contributed by atoms with Crippen molar-refractivity contribution in [2.75, 3.05) is 0 Å². The minimum atomic E-state index is 0.207. The lowest BCUT2D eigenvalue weighted by atomic mass is 10.1. The van der Waals surface area contributed by atoms with E-state index in [1.54, 1.807) is 0 Å². The first-order chi connectivity index (χ1) is 9.63. The maximum Gasteiger partial charge on any atom is 0.120 e. The smallest absolute Gasteiger partial charge is 0.120 e. The van der Waals surface area contributed by atoms with E-state index in [0.29, 0.717) is 6.61 Å². The molecule has 0 saturated heterocycles. The second-order valence-electron chi connectivity index (χ2n) is 5.71. The van der Waals surface area contributed by atoms with Gasteiger partial charge in [-0.15, -0.1) is 0 Å². The number of fused-ring (bicyclic) bond motifs is 1. The molecule has 1 atom stereocenters. The lowest BCUT2D eigenvalue weighted by Crippen LogP contribution is -2.05. The molecule has 0 spiro atoms. The van der Waals surface area contributed by atoms with Gasteiger partial charge >= 0.3 is 0 Å². The van der Waals surface area contributed by atoms with Crippen LogP contribution in [0.3, 0.4) is 0 Å². The second kappa shape index (κ2) is 5.29. The summed E-state index contributed by atoms with van der Waals surface area (Å²) in [6.07, 6.45) is 2.12. The lowest BCUT2D eigenvalue weighted by molar-refractivity contribution is 0.306. The van der Waals surface area contributed by atoms with Gasteiger partial charge in [0.15, 0.2) is 0 Å². The van der Waals surface area contributed by atoms with E-state index in [1.807, 2.05) is 6.07 Å². The number of aryl methyl sites for hydroxylation is 3. The highest BCUT2D eigenvalue weighted by Gasteiger charge is 2.18. The molecule has 1 unspecified atom stereocenters. The van der Waals surface area contributed by atoms with Crippen LogP contribution in [0.15, 0.2) is 36.4 Å². The van der Waals surface area contributed by atoms with Crippen LogP contribution in [0.1, 0.15) is 40.3 Å². The largest absolute Gasteiger partial charge is 0.489 e. The third-order valence-corrected chi connectivity index (χ3v) is 4.22. The normalized spacial score (nSPS) is 17.1. The lowest BCUT2D eigenvalue weighted by Gasteiger charge is -2.10. The van der Waals surface area contributed by atoms with Crippen molar-refractivity contribution in [3.05, 3.63) is 64.2 Å². The molecule has 2 aromatic carbocycles. The summed E-state index contributed by atoms with van der Waals surface area (Å²) in [6, 6.07) is 13.0. The zero-order chi connectivity index (χ0) is 14.1. The van der Waals surface area contributed by atoms with Crippen molar-refractivity contribution in [2.45, 2.75) is 39.3 Å². The van der Waals surface area contributed by atoms with Crippen LogP contribution in [0.2, 0.25) is 0 Å². The maximum absolute atomic E-state index is 6.05. The second-order valence-corrected chi connectivity index (χ2v) is 5.71.